The van der Waals surface area contributed by atoms with Gasteiger partial charge in [-0.15, -0.1) is 0 Å². The molecule has 2 aliphatic heterocycles. The van der Waals surface area contributed by atoms with Gasteiger partial charge in [0, 0.05) is 0 Å². The normalized spacial score (nSPS) is 21.3. The number of ether oxygens (including phenoxy) is 3. The summed E-state index contributed by atoms with van der Waals surface area (Å²) in [6.45, 7) is 0. The number of fused-ring (bicyclic) bond motifs is 1. The lowest BCUT2D eigenvalue weighted by Crippen LogP contribution is -2.37. The number of amides is 2. The zero-order valence-corrected chi connectivity index (χ0v) is 19.3. The van der Waals surface area contributed by atoms with E-state index in [1.54, 1.807) is 17.2 Å². The van der Waals surface area contributed by atoms with Crippen LogP contribution in [0, 0.1) is 11.7 Å². The molecule has 180 valence electrons. The molecule has 2 aliphatic rings. The van der Waals surface area contributed by atoms with Crippen LogP contribution < -0.4 is 24.2 Å². The second-order valence-corrected chi connectivity index (χ2v) is 8.10. The van der Waals surface area contributed by atoms with Gasteiger partial charge in [0.1, 0.15) is 11.7 Å². The van der Waals surface area contributed by atoms with Gasteiger partial charge in [0.05, 0.1) is 38.7 Å². The van der Waals surface area contributed by atoms with E-state index in [1.807, 2.05) is 30.3 Å². The molecule has 0 unspecified atom stereocenters. The molecule has 0 saturated carbocycles. The van der Waals surface area contributed by atoms with Crippen LogP contribution in [0.2, 0.25) is 0 Å². The summed E-state index contributed by atoms with van der Waals surface area (Å²) < 4.78 is 30.0. The lowest BCUT2D eigenvalue weighted by atomic mass is 9.90. The number of carbonyl (C=O) groups is 2. The maximum atomic E-state index is 13.7. The van der Waals surface area contributed by atoms with Crippen molar-refractivity contribution in [1.82, 2.24) is 0 Å². The maximum absolute atomic E-state index is 13.7. The molecule has 2 fully saturated rings. The van der Waals surface area contributed by atoms with E-state index in [4.69, 9.17) is 19.0 Å². The number of hydrogen-bond acceptors (Lipinski definition) is 7. The quantitative estimate of drug-likeness (QED) is 0.498. The molecular formula is C26H23FN2O6. The van der Waals surface area contributed by atoms with Crippen molar-refractivity contribution < 1.29 is 33.0 Å². The SMILES string of the molecule is COc1cc([C@H]2[C@H]3C(=O)N(c4ccc(F)cc4)C(=O)[C@H]3ON2c2ccccc2)cc(OC)c1OC. The van der Waals surface area contributed by atoms with Crippen molar-refractivity contribution in [2.75, 3.05) is 31.3 Å². The van der Waals surface area contributed by atoms with Crippen LogP contribution in [0.4, 0.5) is 15.8 Å². The number of benzene rings is 3. The minimum atomic E-state index is -1.06. The van der Waals surface area contributed by atoms with Gasteiger partial charge in [-0.05, 0) is 54.1 Å². The van der Waals surface area contributed by atoms with Gasteiger partial charge < -0.3 is 14.2 Å². The predicted octanol–water partition coefficient (Wildman–Crippen LogP) is 3.90. The van der Waals surface area contributed by atoms with Crippen LogP contribution in [0.15, 0.2) is 66.7 Å². The molecule has 2 amide bonds. The molecule has 3 aromatic rings. The Balaban J connectivity index is 1.64. The third kappa shape index (κ3) is 3.64. The largest absolute Gasteiger partial charge is 0.493 e. The Morgan fingerprint density at radius 3 is 2.00 bits per heavy atom. The summed E-state index contributed by atoms with van der Waals surface area (Å²) in [6, 6.07) is 17.2. The van der Waals surface area contributed by atoms with Crippen molar-refractivity contribution in [1.29, 1.82) is 0 Å². The third-order valence-corrected chi connectivity index (χ3v) is 6.24. The van der Waals surface area contributed by atoms with Crippen LogP contribution in [-0.4, -0.2) is 39.2 Å². The summed E-state index contributed by atoms with van der Waals surface area (Å²) in [5.41, 5.74) is 1.60. The molecule has 9 heteroatoms. The number of hydroxylamine groups is 1. The Bertz CT molecular complexity index is 1240. The number of imide groups is 1. The van der Waals surface area contributed by atoms with Crippen molar-refractivity contribution in [3.63, 3.8) is 0 Å². The molecule has 0 aliphatic carbocycles. The molecule has 3 atom stereocenters. The van der Waals surface area contributed by atoms with E-state index in [2.05, 4.69) is 0 Å². The van der Waals surface area contributed by atoms with E-state index in [9.17, 15) is 14.0 Å². The van der Waals surface area contributed by atoms with Crippen LogP contribution in [0.25, 0.3) is 0 Å². The zero-order chi connectivity index (χ0) is 24.7. The van der Waals surface area contributed by atoms with Crippen molar-refractivity contribution in [2.24, 2.45) is 5.92 Å². The first-order chi connectivity index (χ1) is 17.0. The number of anilines is 2. The van der Waals surface area contributed by atoms with E-state index in [0.717, 1.165) is 4.90 Å². The van der Waals surface area contributed by atoms with Crippen molar-refractivity contribution in [3.05, 3.63) is 78.1 Å². The van der Waals surface area contributed by atoms with E-state index < -0.39 is 35.7 Å². The molecule has 0 spiro atoms. The summed E-state index contributed by atoms with van der Waals surface area (Å²) in [5, 5.41) is 1.58. The minimum Gasteiger partial charge on any atom is -0.493 e. The van der Waals surface area contributed by atoms with Gasteiger partial charge in [-0.1, -0.05) is 18.2 Å². The summed E-state index contributed by atoms with van der Waals surface area (Å²) >= 11 is 0. The van der Waals surface area contributed by atoms with Crippen molar-refractivity contribution >= 4 is 23.2 Å². The van der Waals surface area contributed by atoms with Gasteiger partial charge in [-0.2, -0.15) is 0 Å². The van der Waals surface area contributed by atoms with Crippen LogP contribution in [-0.2, 0) is 14.4 Å². The summed E-state index contributed by atoms with van der Waals surface area (Å²) in [5.74, 6) is -1.06. The first kappa shape index (κ1) is 22.7. The minimum absolute atomic E-state index is 0.286. The molecule has 0 aromatic heterocycles. The Morgan fingerprint density at radius 1 is 0.800 bits per heavy atom. The third-order valence-electron chi connectivity index (χ3n) is 6.24. The Hall–Kier alpha value is -4.11. The number of para-hydroxylation sites is 1. The second kappa shape index (κ2) is 8.92. The van der Waals surface area contributed by atoms with E-state index >= 15 is 0 Å². The smallest absolute Gasteiger partial charge is 0.266 e. The number of nitrogens with zero attached hydrogens (tertiary/aromatic N) is 2. The molecule has 2 heterocycles. The fraction of sp³-hybridized carbons (Fsp3) is 0.231. The fourth-order valence-electron chi connectivity index (χ4n) is 4.67. The number of methoxy groups -OCH3 is 3. The molecule has 5 rings (SSSR count). The topological polar surface area (TPSA) is 77.5 Å². The molecule has 8 nitrogen and oxygen atoms in total. The highest BCUT2D eigenvalue weighted by molar-refractivity contribution is 6.23. The monoisotopic (exact) mass is 478 g/mol. The van der Waals surface area contributed by atoms with Gasteiger partial charge in [0.15, 0.2) is 17.6 Å². The van der Waals surface area contributed by atoms with Crippen LogP contribution >= 0.6 is 0 Å². The summed E-state index contributed by atoms with van der Waals surface area (Å²) in [7, 11) is 4.51. The molecule has 2 saturated heterocycles. The van der Waals surface area contributed by atoms with Crippen molar-refractivity contribution in [2.45, 2.75) is 12.1 Å². The summed E-state index contributed by atoms with van der Waals surface area (Å²) in [4.78, 5) is 34.3. The second-order valence-electron chi connectivity index (χ2n) is 8.10. The first-order valence-corrected chi connectivity index (χ1v) is 10.9. The van der Waals surface area contributed by atoms with Gasteiger partial charge in [-0.25, -0.2) is 14.4 Å². The average molecular weight is 478 g/mol. The van der Waals surface area contributed by atoms with E-state index in [-0.39, 0.29) is 5.69 Å². The number of hydrogen-bond donors (Lipinski definition) is 0. The van der Waals surface area contributed by atoms with Gasteiger partial charge in [0.2, 0.25) is 11.7 Å². The molecule has 3 aromatic carbocycles. The fourth-order valence-corrected chi connectivity index (χ4v) is 4.67. The Kier molecular flexibility index (Phi) is 5.78. The molecule has 0 N–H and O–H groups in total. The molecule has 0 radical (unpaired) electrons. The van der Waals surface area contributed by atoms with Gasteiger partial charge in [-0.3, -0.25) is 14.4 Å². The predicted molar refractivity (Wildman–Crippen MR) is 125 cm³/mol. The van der Waals surface area contributed by atoms with Crippen LogP contribution in [0.1, 0.15) is 11.6 Å². The lowest BCUT2D eigenvalue weighted by molar-refractivity contribution is -0.126. The Labute approximate surface area is 201 Å². The average Bonchev–Trinajstić information content (AvgIpc) is 3.40. The highest BCUT2D eigenvalue weighted by atomic mass is 19.1. The molecule has 0 bridgehead atoms. The first-order valence-electron chi connectivity index (χ1n) is 10.9. The number of rotatable bonds is 6. The maximum Gasteiger partial charge on any atom is 0.266 e. The zero-order valence-electron chi connectivity index (χ0n) is 19.3. The number of halogens is 1. The van der Waals surface area contributed by atoms with E-state index in [1.165, 1.54) is 45.6 Å². The highest BCUT2D eigenvalue weighted by Gasteiger charge is 2.60. The standard InChI is InChI=1S/C26H23FN2O6/c1-32-19-13-15(14-20(33-2)23(19)34-3)22-21-24(35-29(22)18-7-5-4-6-8-18)26(31)28(25(21)30)17-11-9-16(27)10-12-17/h4-14,21-22,24H,1-3H3/t21-,22+,24+/m1/s1. The molecule has 35 heavy (non-hydrogen) atoms. The molecular weight excluding hydrogens is 455 g/mol. The van der Waals surface area contributed by atoms with Crippen molar-refractivity contribution in [3.8, 4) is 17.2 Å². The highest BCUT2D eigenvalue weighted by Crippen LogP contribution is 2.50. The van der Waals surface area contributed by atoms with Crippen LogP contribution in [0.3, 0.4) is 0 Å². The van der Waals surface area contributed by atoms with Crippen LogP contribution in [0.5, 0.6) is 17.2 Å². The van der Waals surface area contributed by atoms with E-state index in [0.29, 0.717) is 28.5 Å². The lowest BCUT2D eigenvalue weighted by Gasteiger charge is -2.29. The van der Waals surface area contributed by atoms with Gasteiger partial charge >= 0.3 is 0 Å². The summed E-state index contributed by atoms with van der Waals surface area (Å²) in [6.07, 6.45) is -1.06. The Morgan fingerprint density at radius 2 is 1.43 bits per heavy atom. The van der Waals surface area contributed by atoms with Gasteiger partial charge in [0.25, 0.3) is 5.91 Å². The number of carbonyl (C=O) groups excluding carboxylic acids is 2.